The van der Waals surface area contributed by atoms with Crippen molar-refractivity contribution in [3.63, 3.8) is 0 Å². The van der Waals surface area contributed by atoms with E-state index in [1.165, 1.54) is 10.9 Å². The number of carbonyl (C=O) groups is 1. The van der Waals surface area contributed by atoms with E-state index in [1.807, 2.05) is 19.1 Å². The Labute approximate surface area is 216 Å². The molecular formula is C29H31N5O3. The highest BCUT2D eigenvalue weighted by Crippen LogP contribution is 2.35. The lowest BCUT2D eigenvalue weighted by Gasteiger charge is -2.33. The number of aryl methyl sites for hydroxylation is 1. The van der Waals surface area contributed by atoms with Crippen LogP contribution in [0, 0.1) is 6.92 Å². The molecule has 0 aliphatic carbocycles. The molecule has 0 saturated carbocycles. The van der Waals surface area contributed by atoms with Crippen molar-refractivity contribution in [3.05, 3.63) is 76.7 Å². The number of fused-ring (bicyclic) bond motifs is 4. The minimum Gasteiger partial charge on any atom is -0.485 e. The summed E-state index contributed by atoms with van der Waals surface area (Å²) in [5.74, 6) is 0.922. The zero-order valence-electron chi connectivity index (χ0n) is 21.3. The third kappa shape index (κ3) is 4.46. The highest BCUT2D eigenvalue weighted by molar-refractivity contribution is 5.88. The normalized spacial score (nSPS) is 15.7. The van der Waals surface area contributed by atoms with Gasteiger partial charge in [-0.25, -0.2) is 9.48 Å². The van der Waals surface area contributed by atoms with E-state index in [0.717, 1.165) is 67.1 Å². The zero-order chi connectivity index (χ0) is 25.4. The van der Waals surface area contributed by atoms with Crippen molar-refractivity contribution in [2.24, 2.45) is 0 Å². The molecule has 0 N–H and O–H groups in total. The summed E-state index contributed by atoms with van der Waals surface area (Å²) in [6.07, 6.45) is 3.19. The molecule has 190 valence electrons. The number of ether oxygens (including phenoxy) is 2. The standard InChI is InChI=1S/C29H31N5O3/c1-3-36-29(35)27-26-18-37-28-21(6-4-9-25(28)34(26)32-31-27)14-17-33-15-12-20(13-16-33)22-7-5-8-24-23(22)11-10-19(2)30-24/h4-11,20H,3,12-18H2,1-2H3. The maximum absolute atomic E-state index is 12.2. The first-order valence-corrected chi connectivity index (χ1v) is 13.1. The summed E-state index contributed by atoms with van der Waals surface area (Å²) in [4.78, 5) is 19.5. The van der Waals surface area contributed by atoms with E-state index >= 15 is 0 Å². The molecule has 0 bridgehead atoms. The lowest BCUT2D eigenvalue weighted by Crippen LogP contribution is -2.34. The SMILES string of the molecule is CCOC(=O)c1nnn2c1COc1c(CCN3CCC(c4cccc5nc(C)ccc45)CC3)cccc1-2. The van der Waals surface area contributed by atoms with Crippen LogP contribution >= 0.6 is 0 Å². The van der Waals surface area contributed by atoms with Crippen LogP contribution in [0.4, 0.5) is 0 Å². The van der Waals surface area contributed by atoms with Gasteiger partial charge in [-0.1, -0.05) is 35.5 Å². The second kappa shape index (κ2) is 9.94. The number of carbonyl (C=O) groups excluding carboxylic acids is 1. The van der Waals surface area contributed by atoms with Gasteiger partial charge in [-0.2, -0.15) is 0 Å². The Balaban J connectivity index is 1.12. The summed E-state index contributed by atoms with van der Waals surface area (Å²) in [6, 6.07) is 17.0. The largest absolute Gasteiger partial charge is 0.485 e. The van der Waals surface area contributed by atoms with Gasteiger partial charge >= 0.3 is 5.97 Å². The predicted molar refractivity (Wildman–Crippen MR) is 140 cm³/mol. The molecule has 0 radical (unpaired) electrons. The highest BCUT2D eigenvalue weighted by Gasteiger charge is 2.29. The Kier molecular flexibility index (Phi) is 6.34. The molecular weight excluding hydrogens is 466 g/mol. The first kappa shape index (κ1) is 23.6. The van der Waals surface area contributed by atoms with Crippen LogP contribution in [-0.4, -0.2) is 57.1 Å². The van der Waals surface area contributed by atoms with Crippen molar-refractivity contribution in [1.82, 2.24) is 24.9 Å². The molecule has 2 aromatic heterocycles. The number of rotatable bonds is 6. The molecule has 2 aromatic carbocycles. The van der Waals surface area contributed by atoms with Crippen LogP contribution in [0.2, 0.25) is 0 Å². The van der Waals surface area contributed by atoms with Crippen LogP contribution in [0.1, 0.15) is 58.7 Å². The van der Waals surface area contributed by atoms with Gasteiger partial charge in [0.2, 0.25) is 0 Å². The molecule has 0 atom stereocenters. The Morgan fingerprint density at radius 2 is 1.95 bits per heavy atom. The first-order chi connectivity index (χ1) is 18.1. The van der Waals surface area contributed by atoms with Crippen LogP contribution in [0.25, 0.3) is 16.6 Å². The maximum atomic E-state index is 12.2. The fraction of sp³-hybridized carbons (Fsp3) is 0.379. The van der Waals surface area contributed by atoms with Crippen molar-refractivity contribution in [2.45, 2.75) is 45.6 Å². The smallest absolute Gasteiger partial charge is 0.360 e. The molecule has 8 nitrogen and oxygen atoms in total. The van der Waals surface area contributed by atoms with Gasteiger partial charge in [0.05, 0.1) is 12.1 Å². The lowest BCUT2D eigenvalue weighted by atomic mass is 9.87. The summed E-state index contributed by atoms with van der Waals surface area (Å²) in [6.45, 7) is 7.49. The molecule has 0 spiro atoms. The van der Waals surface area contributed by atoms with E-state index < -0.39 is 5.97 Å². The van der Waals surface area contributed by atoms with Gasteiger partial charge in [-0.05, 0) is 81.4 Å². The van der Waals surface area contributed by atoms with Gasteiger partial charge in [0.25, 0.3) is 0 Å². The predicted octanol–water partition coefficient (Wildman–Crippen LogP) is 4.62. The van der Waals surface area contributed by atoms with Gasteiger partial charge in [0.1, 0.15) is 23.7 Å². The minimum absolute atomic E-state index is 0.220. The number of pyridine rings is 1. The van der Waals surface area contributed by atoms with E-state index in [1.54, 1.807) is 11.6 Å². The zero-order valence-corrected chi connectivity index (χ0v) is 21.3. The molecule has 8 heteroatoms. The fourth-order valence-electron chi connectivity index (χ4n) is 5.61. The Morgan fingerprint density at radius 1 is 1.11 bits per heavy atom. The highest BCUT2D eigenvalue weighted by atomic mass is 16.5. The first-order valence-electron chi connectivity index (χ1n) is 13.1. The van der Waals surface area contributed by atoms with Crippen LogP contribution < -0.4 is 4.74 Å². The number of piperidine rings is 1. The van der Waals surface area contributed by atoms with Gasteiger partial charge in [0, 0.05) is 17.6 Å². The number of hydrogen-bond donors (Lipinski definition) is 0. The second-order valence-electron chi connectivity index (χ2n) is 9.80. The number of likely N-dealkylation sites (tertiary alicyclic amines) is 1. The van der Waals surface area contributed by atoms with Crippen molar-refractivity contribution in [3.8, 4) is 11.4 Å². The third-order valence-electron chi connectivity index (χ3n) is 7.52. The summed E-state index contributed by atoms with van der Waals surface area (Å²) >= 11 is 0. The van der Waals surface area contributed by atoms with Gasteiger partial charge in [-0.3, -0.25) is 4.98 Å². The molecule has 1 saturated heterocycles. The summed E-state index contributed by atoms with van der Waals surface area (Å²) in [5, 5.41) is 9.58. The quantitative estimate of drug-likeness (QED) is 0.360. The van der Waals surface area contributed by atoms with E-state index in [-0.39, 0.29) is 12.3 Å². The lowest BCUT2D eigenvalue weighted by molar-refractivity contribution is 0.0516. The second-order valence-corrected chi connectivity index (χ2v) is 9.80. The van der Waals surface area contributed by atoms with Crippen LogP contribution in [-0.2, 0) is 17.8 Å². The monoisotopic (exact) mass is 497 g/mol. The topological polar surface area (TPSA) is 82.4 Å². The summed E-state index contributed by atoms with van der Waals surface area (Å²) < 4.78 is 13.0. The third-order valence-corrected chi connectivity index (χ3v) is 7.52. The Bertz CT molecular complexity index is 1460. The van der Waals surface area contributed by atoms with Crippen molar-refractivity contribution < 1.29 is 14.3 Å². The average Bonchev–Trinajstić information content (AvgIpc) is 3.37. The molecule has 4 aromatic rings. The van der Waals surface area contributed by atoms with Crippen molar-refractivity contribution in [1.29, 1.82) is 0 Å². The molecule has 2 aliphatic rings. The maximum Gasteiger partial charge on any atom is 0.360 e. The van der Waals surface area contributed by atoms with Crippen molar-refractivity contribution in [2.75, 3.05) is 26.2 Å². The minimum atomic E-state index is -0.467. The number of nitrogens with zero attached hydrogens (tertiary/aromatic N) is 5. The summed E-state index contributed by atoms with van der Waals surface area (Å²) in [7, 11) is 0. The fourth-order valence-corrected chi connectivity index (χ4v) is 5.61. The Hall–Kier alpha value is -3.78. The van der Waals surface area contributed by atoms with Gasteiger partial charge < -0.3 is 14.4 Å². The number of hydrogen-bond acceptors (Lipinski definition) is 7. The molecule has 4 heterocycles. The molecule has 1 fully saturated rings. The number of para-hydroxylation sites is 1. The molecule has 0 unspecified atom stereocenters. The van der Waals surface area contributed by atoms with Crippen LogP contribution in [0.5, 0.6) is 5.75 Å². The van der Waals surface area contributed by atoms with E-state index in [0.29, 0.717) is 18.2 Å². The van der Waals surface area contributed by atoms with E-state index in [9.17, 15) is 4.79 Å². The molecule has 2 aliphatic heterocycles. The van der Waals surface area contributed by atoms with Crippen LogP contribution in [0.3, 0.4) is 0 Å². The summed E-state index contributed by atoms with van der Waals surface area (Å²) in [5.41, 5.74) is 6.40. The molecule has 0 amide bonds. The molecule has 37 heavy (non-hydrogen) atoms. The number of aromatic nitrogens is 4. The molecule has 6 rings (SSSR count). The van der Waals surface area contributed by atoms with Crippen molar-refractivity contribution >= 4 is 16.9 Å². The van der Waals surface area contributed by atoms with Crippen LogP contribution in [0.15, 0.2) is 48.5 Å². The van der Waals surface area contributed by atoms with Gasteiger partial charge in [-0.15, -0.1) is 5.10 Å². The number of esters is 1. The Morgan fingerprint density at radius 3 is 2.78 bits per heavy atom. The van der Waals surface area contributed by atoms with E-state index in [2.05, 4.69) is 51.6 Å². The number of benzene rings is 2. The van der Waals surface area contributed by atoms with Gasteiger partial charge in [0.15, 0.2) is 5.69 Å². The van der Waals surface area contributed by atoms with E-state index in [4.69, 9.17) is 14.5 Å². The average molecular weight is 498 g/mol.